The molecule has 4 rings (SSSR count). The number of benzene rings is 2. The maximum Gasteiger partial charge on any atom is 0.227 e. The summed E-state index contributed by atoms with van der Waals surface area (Å²) in [6.07, 6.45) is 4.10. The molecule has 1 fully saturated rings. The van der Waals surface area contributed by atoms with Gasteiger partial charge in [0.05, 0.1) is 5.52 Å². The number of anilines is 1. The highest BCUT2D eigenvalue weighted by Crippen LogP contribution is 2.46. The van der Waals surface area contributed by atoms with Gasteiger partial charge in [-0.05, 0) is 80.5 Å². The van der Waals surface area contributed by atoms with Gasteiger partial charge in [-0.3, -0.25) is 9.78 Å². The van der Waals surface area contributed by atoms with E-state index in [-0.39, 0.29) is 23.6 Å². The summed E-state index contributed by atoms with van der Waals surface area (Å²) < 4.78 is 13.9. The Hall–Kier alpha value is -3.15. The molecule has 1 saturated carbocycles. The molecule has 3 aromatic rings. The molecule has 1 amide bonds. The first-order valence-electron chi connectivity index (χ1n) is 10.7. The quantitative estimate of drug-likeness (QED) is 0.507. The maximum absolute atomic E-state index is 13.9. The van der Waals surface area contributed by atoms with Crippen LogP contribution in [-0.4, -0.2) is 10.9 Å². The van der Waals surface area contributed by atoms with E-state index in [0.717, 1.165) is 16.8 Å². The standard InChI is InChI=1S/C25H26FN3O2/c1-16-3-6-20(7-4-16)28-24(30)17(2)18-9-12-25(29-31,13-10-18)22-11-14-27-23-8-5-19(26)15-21(22)23/h3-8,11,14-15,17-18H,9-10,12-13H2,1-2H3,(H,28,30). The highest BCUT2D eigenvalue weighted by Gasteiger charge is 2.41. The molecule has 0 aliphatic heterocycles. The second kappa shape index (κ2) is 8.53. The van der Waals surface area contributed by atoms with Crippen LogP contribution in [0.5, 0.6) is 0 Å². The monoisotopic (exact) mass is 419 g/mol. The third-order valence-electron chi connectivity index (χ3n) is 6.68. The van der Waals surface area contributed by atoms with Crippen molar-refractivity contribution in [1.82, 2.24) is 4.98 Å². The number of amides is 1. The molecule has 1 atom stereocenters. The Morgan fingerprint density at radius 3 is 2.55 bits per heavy atom. The van der Waals surface area contributed by atoms with Crippen LogP contribution in [0.25, 0.3) is 10.9 Å². The summed E-state index contributed by atoms with van der Waals surface area (Å²) in [6.45, 7) is 3.94. The molecule has 1 heterocycles. The van der Waals surface area contributed by atoms with Gasteiger partial charge in [-0.2, -0.15) is 0 Å². The molecular formula is C25H26FN3O2. The molecule has 0 spiro atoms. The Kier molecular flexibility index (Phi) is 5.81. The van der Waals surface area contributed by atoms with Gasteiger partial charge in [0.25, 0.3) is 0 Å². The Balaban J connectivity index is 1.50. The summed E-state index contributed by atoms with van der Waals surface area (Å²) in [5.74, 6) is -0.405. The molecular weight excluding hydrogens is 393 g/mol. The minimum atomic E-state index is -0.918. The molecule has 160 valence electrons. The lowest BCUT2D eigenvalue weighted by atomic mass is 9.69. The molecule has 1 unspecified atom stereocenters. The van der Waals surface area contributed by atoms with Crippen LogP contribution >= 0.6 is 0 Å². The van der Waals surface area contributed by atoms with Crippen molar-refractivity contribution in [3.8, 4) is 0 Å². The summed E-state index contributed by atoms with van der Waals surface area (Å²) in [7, 11) is 0. The zero-order valence-electron chi connectivity index (χ0n) is 17.8. The summed E-state index contributed by atoms with van der Waals surface area (Å²) in [4.78, 5) is 29.1. The van der Waals surface area contributed by atoms with Crippen molar-refractivity contribution in [2.75, 3.05) is 5.32 Å². The number of aryl methyl sites for hydroxylation is 1. The number of nitroso groups, excluding NO2 is 1. The fourth-order valence-corrected chi connectivity index (χ4v) is 4.66. The van der Waals surface area contributed by atoms with Crippen LogP contribution in [0, 0.1) is 29.5 Å². The van der Waals surface area contributed by atoms with E-state index in [1.807, 2.05) is 38.1 Å². The van der Waals surface area contributed by atoms with Crippen LogP contribution in [-0.2, 0) is 10.3 Å². The largest absolute Gasteiger partial charge is 0.326 e. The number of nitrogens with one attached hydrogen (secondary N) is 1. The average Bonchev–Trinajstić information content (AvgIpc) is 2.79. The van der Waals surface area contributed by atoms with Gasteiger partial charge < -0.3 is 5.32 Å². The molecule has 1 aromatic heterocycles. The van der Waals surface area contributed by atoms with Gasteiger partial charge >= 0.3 is 0 Å². The first-order chi connectivity index (χ1) is 14.9. The predicted molar refractivity (Wildman–Crippen MR) is 120 cm³/mol. The SMILES string of the molecule is Cc1ccc(NC(=O)C(C)C2CCC(N=O)(c3ccnc4ccc(F)cc34)CC2)cc1. The zero-order valence-corrected chi connectivity index (χ0v) is 17.8. The van der Waals surface area contributed by atoms with Crippen molar-refractivity contribution in [1.29, 1.82) is 0 Å². The molecule has 1 aliphatic carbocycles. The summed E-state index contributed by atoms with van der Waals surface area (Å²) in [5, 5.41) is 7.16. The topological polar surface area (TPSA) is 71.4 Å². The van der Waals surface area contributed by atoms with E-state index in [2.05, 4.69) is 15.5 Å². The number of hydrogen-bond donors (Lipinski definition) is 1. The van der Waals surface area contributed by atoms with Gasteiger partial charge in [0.15, 0.2) is 0 Å². The van der Waals surface area contributed by atoms with E-state index in [0.29, 0.717) is 36.6 Å². The van der Waals surface area contributed by atoms with Crippen LogP contribution in [0.3, 0.4) is 0 Å². The number of hydrogen-bond acceptors (Lipinski definition) is 4. The Morgan fingerprint density at radius 2 is 1.87 bits per heavy atom. The lowest BCUT2D eigenvalue weighted by Gasteiger charge is -2.37. The van der Waals surface area contributed by atoms with Crippen molar-refractivity contribution in [3.63, 3.8) is 0 Å². The number of rotatable bonds is 5. The van der Waals surface area contributed by atoms with Crippen LogP contribution in [0.4, 0.5) is 10.1 Å². The number of nitrogens with zero attached hydrogens (tertiary/aromatic N) is 2. The van der Waals surface area contributed by atoms with Crippen molar-refractivity contribution in [3.05, 3.63) is 76.6 Å². The smallest absolute Gasteiger partial charge is 0.227 e. The van der Waals surface area contributed by atoms with Crippen molar-refractivity contribution in [2.24, 2.45) is 17.0 Å². The fourth-order valence-electron chi connectivity index (χ4n) is 4.66. The van der Waals surface area contributed by atoms with Crippen molar-refractivity contribution in [2.45, 2.75) is 45.1 Å². The van der Waals surface area contributed by atoms with Crippen LogP contribution in [0.1, 0.15) is 43.7 Å². The number of halogens is 1. The van der Waals surface area contributed by atoms with Crippen molar-refractivity contribution >= 4 is 22.5 Å². The van der Waals surface area contributed by atoms with Gasteiger partial charge in [-0.25, -0.2) is 4.39 Å². The summed E-state index contributed by atoms with van der Waals surface area (Å²) in [6, 6.07) is 13.9. The highest BCUT2D eigenvalue weighted by molar-refractivity contribution is 5.92. The average molecular weight is 420 g/mol. The van der Waals surface area contributed by atoms with Crippen LogP contribution in [0.15, 0.2) is 59.9 Å². The van der Waals surface area contributed by atoms with E-state index in [1.54, 1.807) is 18.3 Å². The van der Waals surface area contributed by atoms with E-state index in [1.165, 1.54) is 12.1 Å². The summed E-state index contributed by atoms with van der Waals surface area (Å²) in [5.41, 5.74) is 2.38. The molecule has 0 saturated heterocycles. The Bertz CT molecular complexity index is 1110. The van der Waals surface area contributed by atoms with Gasteiger partial charge in [0.2, 0.25) is 5.91 Å². The normalized spacial score (nSPS) is 22.1. The number of carbonyl (C=O) groups excluding carboxylic acids is 1. The van der Waals surface area contributed by atoms with Gasteiger partial charge in [-0.1, -0.05) is 29.8 Å². The van der Waals surface area contributed by atoms with Gasteiger partial charge in [0, 0.05) is 23.2 Å². The molecule has 0 radical (unpaired) electrons. The molecule has 5 nitrogen and oxygen atoms in total. The Labute approximate surface area is 181 Å². The van der Waals surface area contributed by atoms with E-state index in [9.17, 15) is 14.1 Å². The third-order valence-corrected chi connectivity index (χ3v) is 6.68. The molecule has 0 bridgehead atoms. The predicted octanol–water partition coefficient (Wildman–Crippen LogP) is 6.11. The lowest BCUT2D eigenvalue weighted by Crippen LogP contribution is -2.35. The number of carbonyl (C=O) groups is 1. The fraction of sp³-hybridized carbons (Fsp3) is 0.360. The van der Waals surface area contributed by atoms with Gasteiger partial charge in [-0.15, -0.1) is 4.91 Å². The van der Waals surface area contributed by atoms with Crippen LogP contribution in [0.2, 0.25) is 0 Å². The number of aromatic nitrogens is 1. The lowest BCUT2D eigenvalue weighted by molar-refractivity contribution is -0.121. The van der Waals surface area contributed by atoms with Gasteiger partial charge in [0.1, 0.15) is 11.4 Å². The zero-order chi connectivity index (χ0) is 22.0. The second-order valence-electron chi connectivity index (χ2n) is 8.62. The molecule has 1 aliphatic rings. The first-order valence-corrected chi connectivity index (χ1v) is 10.7. The van der Waals surface area contributed by atoms with Crippen LogP contribution < -0.4 is 5.32 Å². The van der Waals surface area contributed by atoms with E-state index in [4.69, 9.17) is 0 Å². The van der Waals surface area contributed by atoms with Crippen molar-refractivity contribution < 1.29 is 9.18 Å². The first kappa shape index (κ1) is 21.1. The number of pyridine rings is 1. The summed E-state index contributed by atoms with van der Waals surface area (Å²) >= 11 is 0. The van der Waals surface area contributed by atoms with E-state index >= 15 is 0 Å². The Morgan fingerprint density at radius 1 is 1.16 bits per heavy atom. The minimum Gasteiger partial charge on any atom is -0.326 e. The maximum atomic E-state index is 13.9. The molecule has 31 heavy (non-hydrogen) atoms. The molecule has 1 N–H and O–H groups in total. The molecule has 2 aromatic carbocycles. The van der Waals surface area contributed by atoms with E-state index < -0.39 is 5.54 Å². The third kappa shape index (κ3) is 4.20. The second-order valence-corrected chi connectivity index (χ2v) is 8.62. The minimum absolute atomic E-state index is 0.0168. The molecule has 6 heteroatoms. The highest BCUT2D eigenvalue weighted by atomic mass is 19.1. The number of fused-ring (bicyclic) bond motifs is 1.